The summed E-state index contributed by atoms with van der Waals surface area (Å²) >= 11 is 0. The van der Waals surface area contributed by atoms with Gasteiger partial charge in [-0.1, -0.05) is 24.3 Å². The standard InChI is InChI=1S/C22H22N4O/c1-4-25(5-2)19-12-11-17(16(3)13-19)14-20-21(15-23)24-26(22(20)27)18-9-7-6-8-10-18/h6-14H,4-5H2,1-3H3/b20-14-. The van der Waals surface area contributed by atoms with Crippen molar-refractivity contribution in [3.05, 3.63) is 65.2 Å². The Labute approximate surface area is 159 Å². The van der Waals surface area contributed by atoms with Crippen molar-refractivity contribution >= 4 is 29.1 Å². The van der Waals surface area contributed by atoms with E-state index in [1.807, 2.05) is 43.3 Å². The number of nitriles is 1. The maximum absolute atomic E-state index is 12.8. The lowest BCUT2D eigenvalue weighted by atomic mass is 10.0. The number of nitrogens with zero attached hydrogens (tertiary/aromatic N) is 4. The summed E-state index contributed by atoms with van der Waals surface area (Å²) in [5.41, 5.74) is 4.21. The number of hydrogen-bond acceptors (Lipinski definition) is 4. The van der Waals surface area contributed by atoms with E-state index >= 15 is 0 Å². The molecule has 5 heteroatoms. The first kappa shape index (κ1) is 18.4. The average molecular weight is 358 g/mol. The van der Waals surface area contributed by atoms with E-state index in [1.54, 1.807) is 18.2 Å². The van der Waals surface area contributed by atoms with Crippen molar-refractivity contribution < 1.29 is 4.79 Å². The third-order valence-electron chi connectivity index (χ3n) is 4.67. The number of hydrazone groups is 1. The Balaban J connectivity index is 1.96. The number of amides is 1. The molecule has 2 aromatic carbocycles. The van der Waals surface area contributed by atoms with Gasteiger partial charge in [0.15, 0.2) is 5.71 Å². The van der Waals surface area contributed by atoms with E-state index in [0.29, 0.717) is 11.3 Å². The van der Waals surface area contributed by atoms with Crippen molar-refractivity contribution in [2.45, 2.75) is 20.8 Å². The highest BCUT2D eigenvalue weighted by Crippen LogP contribution is 2.26. The molecule has 0 atom stereocenters. The fraction of sp³-hybridized carbons (Fsp3) is 0.227. The summed E-state index contributed by atoms with van der Waals surface area (Å²) in [5, 5.41) is 14.9. The molecule has 1 aliphatic heterocycles. The van der Waals surface area contributed by atoms with Crippen LogP contribution in [0.5, 0.6) is 0 Å². The largest absolute Gasteiger partial charge is 0.372 e. The number of carbonyl (C=O) groups excluding carboxylic acids is 1. The van der Waals surface area contributed by atoms with E-state index in [9.17, 15) is 10.1 Å². The summed E-state index contributed by atoms with van der Waals surface area (Å²) in [5.74, 6) is -0.287. The van der Waals surface area contributed by atoms with Gasteiger partial charge in [-0.2, -0.15) is 15.4 Å². The Kier molecular flexibility index (Phi) is 5.37. The van der Waals surface area contributed by atoms with Crippen molar-refractivity contribution in [3.8, 4) is 6.07 Å². The summed E-state index contributed by atoms with van der Waals surface area (Å²) in [6.45, 7) is 8.13. The number of para-hydroxylation sites is 1. The summed E-state index contributed by atoms with van der Waals surface area (Å²) in [6, 6.07) is 17.3. The van der Waals surface area contributed by atoms with Crippen LogP contribution in [0.4, 0.5) is 11.4 Å². The minimum atomic E-state index is -0.287. The first-order chi connectivity index (χ1) is 13.1. The summed E-state index contributed by atoms with van der Waals surface area (Å²) in [6.07, 6.45) is 1.76. The number of rotatable bonds is 5. The van der Waals surface area contributed by atoms with Gasteiger partial charge in [0.05, 0.1) is 11.3 Å². The molecule has 1 aliphatic rings. The molecule has 0 fully saturated rings. The average Bonchev–Trinajstić information content (AvgIpc) is 3.01. The molecule has 1 amide bonds. The molecule has 0 N–H and O–H groups in total. The molecule has 0 radical (unpaired) electrons. The lowest BCUT2D eigenvalue weighted by Crippen LogP contribution is -2.22. The van der Waals surface area contributed by atoms with Crippen molar-refractivity contribution in [2.75, 3.05) is 23.0 Å². The summed E-state index contributed by atoms with van der Waals surface area (Å²) in [4.78, 5) is 15.1. The third-order valence-corrected chi connectivity index (χ3v) is 4.67. The Hall–Kier alpha value is -3.39. The van der Waals surface area contributed by atoms with E-state index in [2.05, 4.69) is 29.9 Å². The number of hydrogen-bond donors (Lipinski definition) is 0. The van der Waals surface area contributed by atoms with Gasteiger partial charge in [-0.25, -0.2) is 0 Å². The molecule has 0 aromatic heterocycles. The van der Waals surface area contributed by atoms with Crippen molar-refractivity contribution in [2.24, 2.45) is 5.10 Å². The predicted molar refractivity (Wildman–Crippen MR) is 110 cm³/mol. The van der Waals surface area contributed by atoms with Gasteiger partial charge in [0.1, 0.15) is 6.07 Å². The fourth-order valence-corrected chi connectivity index (χ4v) is 3.13. The molecule has 136 valence electrons. The van der Waals surface area contributed by atoms with Crippen molar-refractivity contribution in [1.29, 1.82) is 5.26 Å². The quantitative estimate of drug-likeness (QED) is 0.754. The molecule has 0 saturated heterocycles. The van der Waals surface area contributed by atoms with Crippen molar-refractivity contribution in [3.63, 3.8) is 0 Å². The topological polar surface area (TPSA) is 59.7 Å². The van der Waals surface area contributed by atoms with Crippen LogP contribution in [-0.2, 0) is 4.79 Å². The van der Waals surface area contributed by atoms with Gasteiger partial charge < -0.3 is 4.90 Å². The molecular weight excluding hydrogens is 336 g/mol. The van der Waals surface area contributed by atoms with E-state index in [4.69, 9.17) is 0 Å². The van der Waals surface area contributed by atoms with Crippen LogP contribution in [-0.4, -0.2) is 24.7 Å². The maximum Gasteiger partial charge on any atom is 0.281 e. The van der Waals surface area contributed by atoms with Gasteiger partial charge in [0.25, 0.3) is 5.91 Å². The van der Waals surface area contributed by atoms with Gasteiger partial charge in [-0.05, 0) is 62.2 Å². The lowest BCUT2D eigenvalue weighted by molar-refractivity contribution is -0.114. The number of anilines is 2. The predicted octanol–water partition coefficient (Wildman–Crippen LogP) is 4.15. The second-order valence-corrected chi connectivity index (χ2v) is 6.28. The van der Waals surface area contributed by atoms with Gasteiger partial charge >= 0.3 is 0 Å². The molecule has 0 bridgehead atoms. The van der Waals surface area contributed by atoms with Crippen LogP contribution in [0.15, 0.2) is 59.2 Å². The van der Waals surface area contributed by atoms with Crippen LogP contribution in [0.3, 0.4) is 0 Å². The van der Waals surface area contributed by atoms with E-state index < -0.39 is 0 Å². The molecule has 27 heavy (non-hydrogen) atoms. The number of aryl methyl sites for hydroxylation is 1. The van der Waals surface area contributed by atoms with Crippen LogP contribution in [0.25, 0.3) is 6.08 Å². The second kappa shape index (κ2) is 7.88. The van der Waals surface area contributed by atoms with Crippen LogP contribution < -0.4 is 9.91 Å². The summed E-state index contributed by atoms with van der Waals surface area (Å²) in [7, 11) is 0. The minimum Gasteiger partial charge on any atom is -0.372 e. The van der Waals surface area contributed by atoms with Crippen LogP contribution in [0.2, 0.25) is 0 Å². The monoisotopic (exact) mass is 358 g/mol. The molecule has 0 spiro atoms. The Morgan fingerprint density at radius 3 is 2.44 bits per heavy atom. The minimum absolute atomic E-state index is 0.135. The van der Waals surface area contributed by atoms with E-state index in [-0.39, 0.29) is 11.6 Å². The highest BCUT2D eigenvalue weighted by molar-refractivity contribution is 6.37. The zero-order chi connectivity index (χ0) is 19.4. The molecular formula is C22H22N4O. The fourth-order valence-electron chi connectivity index (χ4n) is 3.13. The lowest BCUT2D eigenvalue weighted by Gasteiger charge is -2.21. The SMILES string of the molecule is CCN(CC)c1ccc(/C=C2\C(=O)N(c3ccccc3)N=C2C#N)c(C)c1. The zero-order valence-corrected chi connectivity index (χ0v) is 15.8. The first-order valence-electron chi connectivity index (χ1n) is 9.04. The third kappa shape index (κ3) is 3.61. The van der Waals surface area contributed by atoms with Gasteiger partial charge in [0.2, 0.25) is 0 Å². The van der Waals surface area contributed by atoms with Crippen LogP contribution >= 0.6 is 0 Å². The van der Waals surface area contributed by atoms with Crippen LogP contribution in [0.1, 0.15) is 25.0 Å². The van der Waals surface area contributed by atoms with Gasteiger partial charge in [-0.15, -0.1) is 0 Å². The molecule has 2 aromatic rings. The van der Waals surface area contributed by atoms with E-state index in [0.717, 1.165) is 29.9 Å². The second-order valence-electron chi connectivity index (χ2n) is 6.28. The number of carbonyl (C=O) groups is 1. The van der Waals surface area contributed by atoms with Gasteiger partial charge in [0, 0.05) is 18.8 Å². The maximum atomic E-state index is 12.8. The molecule has 1 heterocycles. The molecule has 0 unspecified atom stereocenters. The van der Waals surface area contributed by atoms with Gasteiger partial charge in [-0.3, -0.25) is 4.79 Å². The Morgan fingerprint density at radius 2 is 1.85 bits per heavy atom. The van der Waals surface area contributed by atoms with E-state index in [1.165, 1.54) is 5.01 Å². The molecule has 0 saturated carbocycles. The molecule has 0 aliphatic carbocycles. The zero-order valence-electron chi connectivity index (χ0n) is 15.8. The molecule has 5 nitrogen and oxygen atoms in total. The smallest absolute Gasteiger partial charge is 0.281 e. The van der Waals surface area contributed by atoms with Crippen LogP contribution in [0, 0.1) is 18.3 Å². The highest BCUT2D eigenvalue weighted by atomic mass is 16.2. The Bertz CT molecular complexity index is 950. The van der Waals surface area contributed by atoms with Crippen molar-refractivity contribution in [1.82, 2.24) is 0 Å². The Morgan fingerprint density at radius 1 is 1.15 bits per heavy atom. The normalized spacial score (nSPS) is 15.0. The first-order valence-corrected chi connectivity index (χ1v) is 9.04. The number of benzene rings is 2. The highest BCUT2D eigenvalue weighted by Gasteiger charge is 2.31. The molecule has 3 rings (SSSR count). The summed E-state index contributed by atoms with van der Waals surface area (Å²) < 4.78 is 0.